The summed E-state index contributed by atoms with van der Waals surface area (Å²) in [4.78, 5) is 26.3. The summed E-state index contributed by atoms with van der Waals surface area (Å²) in [7, 11) is 1.81. The Morgan fingerprint density at radius 1 is 1.38 bits per heavy atom. The van der Waals surface area contributed by atoms with Crippen LogP contribution in [0.5, 0.6) is 0 Å². The van der Waals surface area contributed by atoms with Crippen molar-refractivity contribution in [1.82, 2.24) is 25.4 Å². The standard InChI is InChI=1S/C16H26N6OS/c1-12-9-18-15(24-12)10-19-16(17-2)22-7-5-21(6-8-22)11-14(23)20-13-3-4-13/h9,13H,3-8,10-11H2,1-2H3,(H,17,19)(H,20,23). The van der Waals surface area contributed by atoms with Crippen molar-refractivity contribution in [3.63, 3.8) is 0 Å². The summed E-state index contributed by atoms with van der Waals surface area (Å²) in [5.74, 6) is 1.07. The number of hydrogen-bond donors (Lipinski definition) is 2. The lowest BCUT2D eigenvalue weighted by molar-refractivity contribution is -0.122. The summed E-state index contributed by atoms with van der Waals surface area (Å²) in [6.07, 6.45) is 4.18. The molecule has 2 heterocycles. The fourth-order valence-corrected chi connectivity index (χ4v) is 3.52. The molecule has 1 saturated heterocycles. The molecule has 0 bridgehead atoms. The first-order chi connectivity index (χ1) is 11.6. The zero-order chi connectivity index (χ0) is 16.9. The number of nitrogens with zero attached hydrogens (tertiary/aromatic N) is 4. The van der Waals surface area contributed by atoms with Crippen LogP contribution in [0.4, 0.5) is 0 Å². The minimum absolute atomic E-state index is 0.160. The molecule has 0 atom stereocenters. The maximum absolute atomic E-state index is 11.9. The second kappa shape index (κ2) is 7.94. The summed E-state index contributed by atoms with van der Waals surface area (Å²) < 4.78 is 0. The zero-order valence-corrected chi connectivity index (χ0v) is 15.2. The average molecular weight is 350 g/mol. The molecule has 2 fully saturated rings. The summed E-state index contributed by atoms with van der Waals surface area (Å²) in [6.45, 7) is 6.81. The maximum Gasteiger partial charge on any atom is 0.234 e. The number of nitrogens with one attached hydrogen (secondary N) is 2. The van der Waals surface area contributed by atoms with Crippen LogP contribution >= 0.6 is 11.3 Å². The van der Waals surface area contributed by atoms with Gasteiger partial charge in [-0.1, -0.05) is 0 Å². The highest BCUT2D eigenvalue weighted by atomic mass is 32.1. The van der Waals surface area contributed by atoms with E-state index in [9.17, 15) is 4.79 Å². The SMILES string of the molecule is CN=C(NCc1ncc(C)s1)N1CCN(CC(=O)NC2CC2)CC1. The zero-order valence-electron chi connectivity index (χ0n) is 14.4. The number of rotatable bonds is 5. The fraction of sp³-hybridized carbons (Fsp3) is 0.688. The molecular weight excluding hydrogens is 324 g/mol. The number of carbonyl (C=O) groups excluding carboxylic acids is 1. The van der Waals surface area contributed by atoms with E-state index in [0.29, 0.717) is 19.1 Å². The largest absolute Gasteiger partial charge is 0.352 e. The van der Waals surface area contributed by atoms with Crippen LogP contribution in [0.2, 0.25) is 0 Å². The van der Waals surface area contributed by atoms with E-state index in [2.05, 4.69) is 37.3 Å². The molecule has 1 amide bonds. The molecule has 1 aromatic heterocycles. The van der Waals surface area contributed by atoms with Gasteiger partial charge in [0.05, 0.1) is 13.1 Å². The lowest BCUT2D eigenvalue weighted by atomic mass is 10.3. The number of carbonyl (C=O) groups is 1. The Hall–Kier alpha value is -1.67. The van der Waals surface area contributed by atoms with Gasteiger partial charge >= 0.3 is 0 Å². The lowest BCUT2D eigenvalue weighted by Gasteiger charge is -2.36. The predicted octanol–water partition coefficient (Wildman–Crippen LogP) is 0.423. The van der Waals surface area contributed by atoms with Crippen LogP contribution < -0.4 is 10.6 Å². The average Bonchev–Trinajstić information content (AvgIpc) is 3.28. The van der Waals surface area contributed by atoms with Crippen LogP contribution in [0.1, 0.15) is 22.7 Å². The van der Waals surface area contributed by atoms with E-state index in [1.165, 1.54) is 4.88 Å². The molecule has 2 aliphatic rings. The Labute approximate surface area is 147 Å². The van der Waals surface area contributed by atoms with Crippen LogP contribution in [0.25, 0.3) is 0 Å². The van der Waals surface area contributed by atoms with Gasteiger partial charge < -0.3 is 15.5 Å². The third kappa shape index (κ3) is 4.91. The second-order valence-electron chi connectivity index (χ2n) is 6.37. The smallest absolute Gasteiger partial charge is 0.234 e. The highest BCUT2D eigenvalue weighted by Gasteiger charge is 2.25. The minimum atomic E-state index is 0.160. The highest BCUT2D eigenvalue weighted by molar-refractivity contribution is 7.11. The highest BCUT2D eigenvalue weighted by Crippen LogP contribution is 2.18. The van der Waals surface area contributed by atoms with Crippen molar-refractivity contribution >= 4 is 23.2 Å². The van der Waals surface area contributed by atoms with Crippen molar-refractivity contribution in [3.05, 3.63) is 16.1 Å². The predicted molar refractivity (Wildman–Crippen MR) is 96.2 cm³/mol. The van der Waals surface area contributed by atoms with Crippen molar-refractivity contribution in [3.8, 4) is 0 Å². The van der Waals surface area contributed by atoms with Gasteiger partial charge in [-0.25, -0.2) is 4.98 Å². The van der Waals surface area contributed by atoms with E-state index in [1.54, 1.807) is 11.3 Å². The van der Waals surface area contributed by atoms with Crippen LogP contribution in [-0.4, -0.2) is 72.5 Å². The molecule has 1 aromatic rings. The molecule has 1 aliphatic heterocycles. The number of amides is 1. The number of guanidine groups is 1. The van der Waals surface area contributed by atoms with Crippen LogP contribution in [0, 0.1) is 6.92 Å². The van der Waals surface area contributed by atoms with Crippen molar-refractivity contribution in [2.45, 2.75) is 32.4 Å². The molecule has 2 N–H and O–H groups in total. The molecule has 0 radical (unpaired) electrons. The van der Waals surface area contributed by atoms with E-state index in [4.69, 9.17) is 0 Å². The minimum Gasteiger partial charge on any atom is -0.352 e. The molecule has 8 heteroatoms. The molecule has 1 saturated carbocycles. The van der Waals surface area contributed by atoms with Crippen LogP contribution in [-0.2, 0) is 11.3 Å². The molecule has 0 spiro atoms. The number of aryl methyl sites for hydroxylation is 1. The van der Waals surface area contributed by atoms with Crippen molar-refractivity contribution in [2.75, 3.05) is 39.8 Å². The third-order valence-electron chi connectivity index (χ3n) is 4.26. The topological polar surface area (TPSA) is 72.9 Å². The van der Waals surface area contributed by atoms with Gasteiger partial charge in [-0.3, -0.25) is 14.7 Å². The molecule has 0 aromatic carbocycles. The van der Waals surface area contributed by atoms with Gasteiger partial charge in [-0.2, -0.15) is 0 Å². The van der Waals surface area contributed by atoms with E-state index >= 15 is 0 Å². The first kappa shape index (κ1) is 17.2. The first-order valence-corrected chi connectivity index (χ1v) is 9.34. The monoisotopic (exact) mass is 350 g/mol. The fourth-order valence-electron chi connectivity index (χ4n) is 2.79. The van der Waals surface area contributed by atoms with Gasteiger partial charge in [0.25, 0.3) is 0 Å². The van der Waals surface area contributed by atoms with Gasteiger partial charge in [0.2, 0.25) is 5.91 Å². The quantitative estimate of drug-likeness (QED) is 0.595. The lowest BCUT2D eigenvalue weighted by Crippen LogP contribution is -2.54. The Bertz CT molecular complexity index is 589. The normalized spacial score (nSPS) is 19.4. The Balaban J connectivity index is 1.41. The van der Waals surface area contributed by atoms with Crippen LogP contribution in [0.3, 0.4) is 0 Å². The van der Waals surface area contributed by atoms with Crippen molar-refractivity contribution in [2.24, 2.45) is 4.99 Å². The summed E-state index contributed by atoms with van der Waals surface area (Å²) in [6, 6.07) is 0.441. The number of piperazine rings is 1. The molecule has 7 nitrogen and oxygen atoms in total. The van der Waals surface area contributed by atoms with Crippen molar-refractivity contribution in [1.29, 1.82) is 0 Å². The van der Waals surface area contributed by atoms with Crippen molar-refractivity contribution < 1.29 is 4.79 Å². The van der Waals surface area contributed by atoms with Gasteiger partial charge in [0.15, 0.2) is 5.96 Å². The Morgan fingerprint density at radius 2 is 2.12 bits per heavy atom. The van der Waals surface area contributed by atoms with E-state index in [0.717, 1.165) is 50.0 Å². The Kier molecular flexibility index (Phi) is 5.68. The molecular formula is C16H26N6OS. The van der Waals surface area contributed by atoms with Gasteiger partial charge in [-0.05, 0) is 19.8 Å². The Morgan fingerprint density at radius 3 is 2.71 bits per heavy atom. The van der Waals surface area contributed by atoms with E-state index < -0.39 is 0 Å². The van der Waals surface area contributed by atoms with Gasteiger partial charge in [-0.15, -0.1) is 11.3 Å². The van der Waals surface area contributed by atoms with E-state index in [1.807, 2.05) is 13.2 Å². The number of aliphatic imine (C=N–C) groups is 1. The molecule has 0 unspecified atom stereocenters. The summed E-state index contributed by atoms with van der Waals surface area (Å²) >= 11 is 1.70. The van der Waals surface area contributed by atoms with Crippen LogP contribution in [0.15, 0.2) is 11.2 Å². The molecule has 1 aliphatic carbocycles. The van der Waals surface area contributed by atoms with Gasteiger partial charge in [0.1, 0.15) is 5.01 Å². The second-order valence-corrected chi connectivity index (χ2v) is 7.69. The molecule has 132 valence electrons. The number of hydrogen-bond acceptors (Lipinski definition) is 5. The van der Waals surface area contributed by atoms with Gasteiger partial charge in [0, 0.05) is 50.3 Å². The number of aromatic nitrogens is 1. The summed E-state index contributed by atoms with van der Waals surface area (Å²) in [5, 5.41) is 7.51. The molecule has 24 heavy (non-hydrogen) atoms. The maximum atomic E-state index is 11.9. The molecule has 3 rings (SSSR count). The third-order valence-corrected chi connectivity index (χ3v) is 5.17. The van der Waals surface area contributed by atoms with E-state index in [-0.39, 0.29) is 5.91 Å². The number of thiazole rings is 1. The summed E-state index contributed by atoms with van der Waals surface area (Å²) in [5.41, 5.74) is 0. The first-order valence-electron chi connectivity index (χ1n) is 8.52.